The summed E-state index contributed by atoms with van der Waals surface area (Å²) in [5.74, 6) is -0.392. The van der Waals surface area contributed by atoms with Crippen LogP contribution in [-0.2, 0) is 9.53 Å². The van der Waals surface area contributed by atoms with E-state index in [-0.39, 0.29) is 6.42 Å². The summed E-state index contributed by atoms with van der Waals surface area (Å²) in [6.45, 7) is 0. The van der Waals surface area contributed by atoms with Crippen LogP contribution in [0.3, 0.4) is 0 Å². The van der Waals surface area contributed by atoms with Gasteiger partial charge in [0.2, 0.25) is 0 Å². The second-order valence-electron chi connectivity index (χ2n) is 3.93. The predicted molar refractivity (Wildman–Crippen MR) is 61.0 cm³/mol. The summed E-state index contributed by atoms with van der Waals surface area (Å²) in [4.78, 5) is 11.1. The van der Waals surface area contributed by atoms with Crippen LogP contribution in [0.25, 0.3) is 0 Å². The molecular formula is C13H14O4. The molecule has 17 heavy (non-hydrogen) atoms. The van der Waals surface area contributed by atoms with Crippen molar-refractivity contribution in [2.24, 2.45) is 0 Å². The molecule has 0 aromatic heterocycles. The molecule has 0 bridgehead atoms. The van der Waals surface area contributed by atoms with Crippen molar-refractivity contribution in [3.8, 4) is 0 Å². The lowest BCUT2D eigenvalue weighted by Crippen LogP contribution is -2.36. The Morgan fingerprint density at radius 3 is 2.59 bits per heavy atom. The lowest BCUT2D eigenvalue weighted by atomic mass is 9.99. The van der Waals surface area contributed by atoms with Crippen LogP contribution in [0, 0.1) is 0 Å². The molecule has 2 rings (SSSR count). The number of carbonyl (C=O) groups is 1. The van der Waals surface area contributed by atoms with Gasteiger partial charge in [0.15, 0.2) is 0 Å². The summed E-state index contributed by atoms with van der Waals surface area (Å²) < 4.78 is 4.95. The maximum Gasteiger partial charge on any atom is 0.310 e. The van der Waals surface area contributed by atoms with Crippen LogP contribution in [0.5, 0.6) is 0 Å². The van der Waals surface area contributed by atoms with E-state index in [1.807, 2.05) is 6.07 Å². The van der Waals surface area contributed by atoms with E-state index >= 15 is 0 Å². The minimum atomic E-state index is -1.15. The Balaban J connectivity index is 2.09. The van der Waals surface area contributed by atoms with Gasteiger partial charge < -0.3 is 14.9 Å². The van der Waals surface area contributed by atoms with E-state index < -0.39 is 24.3 Å². The Morgan fingerprint density at radius 2 is 1.94 bits per heavy atom. The number of esters is 1. The van der Waals surface area contributed by atoms with Crippen LogP contribution in [-0.4, -0.2) is 28.4 Å². The number of aliphatic hydroxyl groups excluding tert-OH is 2. The Hall–Kier alpha value is -1.65. The maximum absolute atomic E-state index is 11.1. The molecule has 0 saturated heterocycles. The molecule has 3 atom stereocenters. The summed E-state index contributed by atoms with van der Waals surface area (Å²) in [7, 11) is 0. The zero-order valence-corrected chi connectivity index (χ0v) is 9.19. The van der Waals surface area contributed by atoms with E-state index in [0.717, 1.165) is 0 Å². The third-order valence-corrected chi connectivity index (χ3v) is 2.68. The number of carbonyl (C=O) groups excluding carboxylic acids is 1. The molecular weight excluding hydrogens is 220 g/mol. The van der Waals surface area contributed by atoms with Crippen molar-refractivity contribution in [2.75, 3.05) is 0 Å². The molecule has 1 aromatic rings. The van der Waals surface area contributed by atoms with Crippen LogP contribution in [0.4, 0.5) is 0 Å². The number of rotatable bonds is 3. The van der Waals surface area contributed by atoms with Crippen molar-refractivity contribution in [1.82, 2.24) is 0 Å². The van der Waals surface area contributed by atoms with Gasteiger partial charge in [-0.3, -0.25) is 4.79 Å². The van der Waals surface area contributed by atoms with Crippen LogP contribution in [0.1, 0.15) is 18.1 Å². The Labute approximate surface area is 99.2 Å². The molecule has 0 unspecified atom stereocenters. The Bertz CT molecular complexity index is 413. The highest BCUT2D eigenvalue weighted by molar-refractivity contribution is 5.72. The van der Waals surface area contributed by atoms with E-state index in [9.17, 15) is 15.0 Å². The van der Waals surface area contributed by atoms with Crippen molar-refractivity contribution in [2.45, 2.75) is 24.7 Å². The third kappa shape index (κ3) is 2.72. The molecule has 0 radical (unpaired) electrons. The number of aliphatic hydroxyl groups is 2. The summed E-state index contributed by atoms with van der Waals surface area (Å²) in [5.41, 5.74) is 0.593. The highest BCUT2D eigenvalue weighted by Crippen LogP contribution is 2.22. The van der Waals surface area contributed by atoms with Crippen molar-refractivity contribution in [1.29, 1.82) is 0 Å². The monoisotopic (exact) mass is 234 g/mol. The highest BCUT2D eigenvalue weighted by atomic mass is 16.6. The van der Waals surface area contributed by atoms with Crippen LogP contribution in [0.15, 0.2) is 42.5 Å². The van der Waals surface area contributed by atoms with Gasteiger partial charge in [0.1, 0.15) is 18.3 Å². The fraction of sp³-hybridized carbons (Fsp3) is 0.308. The van der Waals surface area contributed by atoms with Crippen molar-refractivity contribution >= 4 is 5.97 Å². The number of ether oxygens (including phenoxy) is 1. The molecule has 1 aromatic carbocycles. The van der Waals surface area contributed by atoms with Crippen molar-refractivity contribution < 1.29 is 19.7 Å². The summed E-state index contributed by atoms with van der Waals surface area (Å²) in [5, 5.41) is 19.9. The van der Waals surface area contributed by atoms with E-state index in [0.29, 0.717) is 5.56 Å². The molecule has 4 heteroatoms. The van der Waals surface area contributed by atoms with Gasteiger partial charge in [-0.15, -0.1) is 0 Å². The van der Waals surface area contributed by atoms with Crippen molar-refractivity contribution in [3.05, 3.63) is 48.0 Å². The van der Waals surface area contributed by atoms with Gasteiger partial charge in [0.05, 0.1) is 6.42 Å². The smallest absolute Gasteiger partial charge is 0.310 e. The summed E-state index contributed by atoms with van der Waals surface area (Å²) >= 11 is 0. The van der Waals surface area contributed by atoms with Gasteiger partial charge in [-0.2, -0.15) is 0 Å². The predicted octanol–water partition coefficient (Wildman–Crippen LogP) is 0.953. The second kappa shape index (κ2) is 5.12. The highest BCUT2D eigenvalue weighted by Gasteiger charge is 2.30. The van der Waals surface area contributed by atoms with Gasteiger partial charge in [0, 0.05) is 0 Å². The van der Waals surface area contributed by atoms with E-state index in [4.69, 9.17) is 4.74 Å². The minimum Gasteiger partial charge on any atom is -0.455 e. The molecule has 4 nitrogen and oxygen atoms in total. The maximum atomic E-state index is 11.1. The van der Waals surface area contributed by atoms with Crippen LogP contribution in [0.2, 0.25) is 0 Å². The quantitative estimate of drug-likeness (QED) is 0.603. The van der Waals surface area contributed by atoms with Gasteiger partial charge in [-0.25, -0.2) is 0 Å². The standard InChI is InChI=1S/C13H14O4/c14-11-8-4-7-10(17-11)13(16)12(15)9-5-2-1-3-6-9/h1-7,10,12-13,15-16H,8H2/t10-,12-,13+/m1/s1. The van der Waals surface area contributed by atoms with E-state index in [1.165, 1.54) is 0 Å². The summed E-state index contributed by atoms with van der Waals surface area (Å²) in [6, 6.07) is 8.79. The van der Waals surface area contributed by atoms with Gasteiger partial charge >= 0.3 is 5.97 Å². The lowest BCUT2D eigenvalue weighted by molar-refractivity contribution is -0.156. The molecule has 90 valence electrons. The second-order valence-corrected chi connectivity index (χ2v) is 3.93. The fourth-order valence-corrected chi connectivity index (χ4v) is 1.75. The van der Waals surface area contributed by atoms with Crippen LogP contribution >= 0.6 is 0 Å². The van der Waals surface area contributed by atoms with E-state index in [2.05, 4.69) is 0 Å². The summed E-state index contributed by atoms with van der Waals surface area (Å²) in [6.07, 6.45) is 0.432. The molecule has 0 fully saturated rings. The first kappa shape index (κ1) is 11.8. The topological polar surface area (TPSA) is 66.8 Å². The molecule has 0 amide bonds. The average molecular weight is 234 g/mol. The normalized spacial score (nSPS) is 22.9. The van der Waals surface area contributed by atoms with Gasteiger partial charge in [0.25, 0.3) is 0 Å². The fourth-order valence-electron chi connectivity index (χ4n) is 1.75. The zero-order valence-electron chi connectivity index (χ0n) is 9.19. The number of benzene rings is 1. The molecule has 1 aliphatic rings. The molecule has 0 spiro atoms. The molecule has 1 heterocycles. The largest absolute Gasteiger partial charge is 0.455 e. The first-order valence-corrected chi connectivity index (χ1v) is 5.45. The van der Waals surface area contributed by atoms with Crippen LogP contribution < -0.4 is 0 Å². The Kier molecular flexibility index (Phi) is 3.56. The average Bonchev–Trinajstić information content (AvgIpc) is 2.38. The first-order valence-electron chi connectivity index (χ1n) is 5.45. The minimum absolute atomic E-state index is 0.213. The number of hydrogen-bond donors (Lipinski definition) is 2. The molecule has 0 saturated carbocycles. The van der Waals surface area contributed by atoms with Gasteiger partial charge in [-0.1, -0.05) is 36.4 Å². The molecule has 0 aliphatic carbocycles. The zero-order chi connectivity index (χ0) is 12.3. The van der Waals surface area contributed by atoms with E-state index in [1.54, 1.807) is 36.4 Å². The third-order valence-electron chi connectivity index (χ3n) is 2.68. The number of cyclic esters (lactones) is 1. The number of hydrogen-bond acceptors (Lipinski definition) is 4. The Morgan fingerprint density at radius 1 is 1.24 bits per heavy atom. The van der Waals surface area contributed by atoms with Crippen molar-refractivity contribution in [3.63, 3.8) is 0 Å². The first-order chi connectivity index (χ1) is 8.18. The SMILES string of the molecule is O=C1CC=C[C@H]([C@H](O)[C@H](O)c2ccccc2)O1. The van der Waals surface area contributed by atoms with Gasteiger partial charge in [-0.05, 0) is 11.6 Å². The lowest BCUT2D eigenvalue weighted by Gasteiger charge is -2.26. The molecule has 2 N–H and O–H groups in total. The molecule has 1 aliphatic heterocycles.